The summed E-state index contributed by atoms with van der Waals surface area (Å²) in [5.74, 6) is 0.500. The van der Waals surface area contributed by atoms with Gasteiger partial charge in [-0.15, -0.1) is 0 Å². The maximum atomic E-state index is 12.5. The van der Waals surface area contributed by atoms with Crippen molar-refractivity contribution in [3.8, 4) is 0 Å². The van der Waals surface area contributed by atoms with Crippen LogP contribution in [0.25, 0.3) is 0 Å². The van der Waals surface area contributed by atoms with Crippen LogP contribution in [0.4, 0.5) is 0 Å². The first-order chi connectivity index (χ1) is 11.3. The Labute approximate surface area is 135 Å². The van der Waals surface area contributed by atoms with Crippen LogP contribution in [0.3, 0.4) is 0 Å². The minimum Gasteiger partial charge on any atom is -0.371 e. The van der Waals surface area contributed by atoms with Crippen LogP contribution in [-0.4, -0.2) is 28.5 Å². The van der Waals surface area contributed by atoms with E-state index in [0.29, 0.717) is 12.5 Å². The van der Waals surface area contributed by atoms with E-state index in [9.17, 15) is 4.79 Å². The Morgan fingerprint density at radius 2 is 1.87 bits per heavy atom. The van der Waals surface area contributed by atoms with Crippen molar-refractivity contribution in [3.05, 3.63) is 60.2 Å². The highest BCUT2D eigenvalue weighted by atomic mass is 16.5. The van der Waals surface area contributed by atoms with Gasteiger partial charge in [0.1, 0.15) is 6.10 Å². The van der Waals surface area contributed by atoms with Crippen molar-refractivity contribution < 1.29 is 9.53 Å². The zero-order chi connectivity index (χ0) is 15.6. The third-order valence-corrected chi connectivity index (χ3v) is 4.67. The molecule has 1 N–H and O–H groups in total. The summed E-state index contributed by atoms with van der Waals surface area (Å²) >= 11 is 0. The fourth-order valence-corrected chi connectivity index (χ4v) is 3.35. The van der Waals surface area contributed by atoms with Crippen molar-refractivity contribution >= 4 is 5.91 Å². The SMILES string of the molecule is O=C(N[C@H]1CCO[C@@H]1c1cccnc1)[C@@H]1C[C@H]1c1cccnc1. The van der Waals surface area contributed by atoms with Crippen molar-refractivity contribution in [1.82, 2.24) is 15.3 Å². The molecule has 2 aliphatic rings. The fraction of sp³-hybridized carbons (Fsp3) is 0.389. The van der Waals surface area contributed by atoms with Gasteiger partial charge in [-0.2, -0.15) is 0 Å². The number of nitrogens with one attached hydrogen (secondary N) is 1. The molecule has 1 saturated heterocycles. The van der Waals surface area contributed by atoms with E-state index in [0.717, 1.165) is 24.0 Å². The number of nitrogens with zero attached hydrogens (tertiary/aromatic N) is 2. The average molecular weight is 309 g/mol. The summed E-state index contributed by atoms with van der Waals surface area (Å²) in [6.07, 6.45) is 8.82. The predicted octanol–water partition coefficient (Wildman–Crippen LogP) is 2.23. The number of ether oxygens (including phenoxy) is 1. The van der Waals surface area contributed by atoms with Crippen LogP contribution in [0.1, 0.15) is 36.0 Å². The van der Waals surface area contributed by atoms with E-state index in [1.807, 2.05) is 36.7 Å². The molecule has 2 aromatic rings. The topological polar surface area (TPSA) is 64.1 Å². The third-order valence-electron chi connectivity index (χ3n) is 4.67. The Kier molecular flexibility index (Phi) is 3.79. The molecule has 1 aliphatic heterocycles. The molecule has 4 rings (SSSR count). The van der Waals surface area contributed by atoms with Crippen LogP contribution >= 0.6 is 0 Å². The van der Waals surface area contributed by atoms with Gasteiger partial charge in [0.05, 0.1) is 6.04 Å². The lowest BCUT2D eigenvalue weighted by Gasteiger charge is -2.20. The number of hydrogen-bond acceptors (Lipinski definition) is 4. The highest BCUT2D eigenvalue weighted by molar-refractivity contribution is 5.83. The zero-order valence-corrected chi connectivity index (χ0v) is 12.8. The standard InChI is InChI=1S/C18H19N3O2/c22-18(15-9-14(15)12-3-1-6-19-10-12)21-16-5-8-23-17(16)13-4-2-7-20-11-13/h1-4,6-7,10-11,14-17H,5,8-9H2,(H,21,22)/t14-,15+,16-,17+/m0/s1. The second-order valence-corrected chi connectivity index (χ2v) is 6.22. The molecule has 2 fully saturated rings. The maximum Gasteiger partial charge on any atom is 0.224 e. The first kappa shape index (κ1) is 14.3. The number of aromatic nitrogens is 2. The van der Waals surface area contributed by atoms with Crippen LogP contribution in [0.5, 0.6) is 0 Å². The van der Waals surface area contributed by atoms with Gasteiger partial charge in [-0.05, 0) is 36.5 Å². The molecule has 1 saturated carbocycles. The molecule has 0 spiro atoms. The van der Waals surface area contributed by atoms with Crippen molar-refractivity contribution in [3.63, 3.8) is 0 Å². The largest absolute Gasteiger partial charge is 0.371 e. The van der Waals surface area contributed by atoms with Crippen molar-refractivity contribution in [1.29, 1.82) is 0 Å². The molecule has 2 aromatic heterocycles. The average Bonchev–Trinajstić information content (AvgIpc) is 3.29. The lowest BCUT2D eigenvalue weighted by molar-refractivity contribution is -0.123. The first-order valence-electron chi connectivity index (χ1n) is 8.05. The minimum atomic E-state index is -0.0942. The van der Waals surface area contributed by atoms with Gasteiger partial charge < -0.3 is 10.1 Å². The fourth-order valence-electron chi connectivity index (χ4n) is 3.35. The summed E-state index contributed by atoms with van der Waals surface area (Å²) in [5, 5.41) is 3.18. The Balaban J connectivity index is 1.39. The summed E-state index contributed by atoms with van der Waals surface area (Å²) in [7, 11) is 0. The summed E-state index contributed by atoms with van der Waals surface area (Å²) in [6, 6.07) is 7.89. The van der Waals surface area contributed by atoms with E-state index in [-0.39, 0.29) is 24.0 Å². The summed E-state index contributed by atoms with van der Waals surface area (Å²) in [4.78, 5) is 20.8. The lowest BCUT2D eigenvalue weighted by atomic mass is 10.0. The number of rotatable bonds is 4. The second kappa shape index (κ2) is 6.08. The van der Waals surface area contributed by atoms with Gasteiger partial charge in [0.15, 0.2) is 0 Å². The van der Waals surface area contributed by atoms with E-state index in [1.54, 1.807) is 12.4 Å². The molecule has 5 nitrogen and oxygen atoms in total. The van der Waals surface area contributed by atoms with Crippen LogP contribution in [0, 0.1) is 5.92 Å². The van der Waals surface area contributed by atoms with E-state index in [1.165, 1.54) is 0 Å². The molecule has 118 valence electrons. The number of pyridine rings is 2. The van der Waals surface area contributed by atoms with Crippen molar-refractivity contribution in [2.45, 2.75) is 30.9 Å². The van der Waals surface area contributed by atoms with Gasteiger partial charge in [0, 0.05) is 42.9 Å². The first-order valence-corrected chi connectivity index (χ1v) is 8.05. The van der Waals surface area contributed by atoms with Gasteiger partial charge in [0.25, 0.3) is 0 Å². The number of hydrogen-bond donors (Lipinski definition) is 1. The molecule has 4 atom stereocenters. The van der Waals surface area contributed by atoms with E-state index in [2.05, 4.69) is 15.3 Å². The smallest absolute Gasteiger partial charge is 0.224 e. The van der Waals surface area contributed by atoms with Gasteiger partial charge >= 0.3 is 0 Å². The molecule has 5 heteroatoms. The highest BCUT2D eigenvalue weighted by Crippen LogP contribution is 2.47. The quantitative estimate of drug-likeness (QED) is 0.940. The van der Waals surface area contributed by atoms with Gasteiger partial charge in [0.2, 0.25) is 5.91 Å². The van der Waals surface area contributed by atoms with Crippen LogP contribution in [-0.2, 0) is 9.53 Å². The molecule has 3 heterocycles. The highest BCUT2D eigenvalue weighted by Gasteiger charge is 2.45. The normalized spacial score (nSPS) is 29.2. The van der Waals surface area contributed by atoms with E-state index < -0.39 is 0 Å². The van der Waals surface area contributed by atoms with Gasteiger partial charge in [-0.3, -0.25) is 14.8 Å². The third kappa shape index (κ3) is 2.97. The maximum absolute atomic E-state index is 12.5. The molecular weight excluding hydrogens is 290 g/mol. The number of amides is 1. The van der Waals surface area contributed by atoms with Gasteiger partial charge in [-0.25, -0.2) is 0 Å². The van der Waals surface area contributed by atoms with Crippen LogP contribution in [0.15, 0.2) is 49.1 Å². The monoisotopic (exact) mass is 309 g/mol. The Morgan fingerprint density at radius 1 is 1.13 bits per heavy atom. The van der Waals surface area contributed by atoms with Crippen molar-refractivity contribution in [2.24, 2.45) is 5.92 Å². The zero-order valence-electron chi connectivity index (χ0n) is 12.8. The Morgan fingerprint density at radius 3 is 2.57 bits per heavy atom. The van der Waals surface area contributed by atoms with Gasteiger partial charge in [-0.1, -0.05) is 12.1 Å². The molecule has 1 aliphatic carbocycles. The predicted molar refractivity (Wildman–Crippen MR) is 84.6 cm³/mol. The summed E-state index contributed by atoms with van der Waals surface area (Å²) in [6.45, 7) is 0.668. The molecule has 23 heavy (non-hydrogen) atoms. The molecule has 0 unspecified atom stereocenters. The van der Waals surface area contributed by atoms with Crippen LogP contribution in [0.2, 0.25) is 0 Å². The minimum absolute atomic E-state index is 0.0295. The van der Waals surface area contributed by atoms with Crippen LogP contribution < -0.4 is 5.32 Å². The molecular formula is C18H19N3O2. The van der Waals surface area contributed by atoms with E-state index >= 15 is 0 Å². The van der Waals surface area contributed by atoms with E-state index in [4.69, 9.17) is 4.74 Å². The van der Waals surface area contributed by atoms with Crippen molar-refractivity contribution in [2.75, 3.05) is 6.61 Å². The second-order valence-electron chi connectivity index (χ2n) is 6.22. The Hall–Kier alpha value is -2.27. The molecule has 0 radical (unpaired) electrons. The molecule has 0 aromatic carbocycles. The summed E-state index contributed by atoms with van der Waals surface area (Å²) < 4.78 is 5.80. The molecule has 1 amide bonds. The molecule has 0 bridgehead atoms. The number of carbonyl (C=O) groups excluding carboxylic acids is 1. The summed E-state index contributed by atoms with van der Waals surface area (Å²) in [5.41, 5.74) is 2.18. The number of carbonyl (C=O) groups is 1. The Bertz CT molecular complexity index is 677. The lowest BCUT2D eigenvalue weighted by Crippen LogP contribution is -2.38.